The van der Waals surface area contributed by atoms with Crippen molar-refractivity contribution in [2.75, 3.05) is 33.4 Å². The number of nitrogens with zero attached hydrogens (tertiary/aromatic N) is 1. The normalized spacial score (nSPS) is 35.6. The van der Waals surface area contributed by atoms with Gasteiger partial charge >= 0.3 is 0 Å². The fraction of sp³-hybridized carbons (Fsp3) is 1.00. The maximum Gasteiger partial charge on any atom is 0.0951 e. The first-order chi connectivity index (χ1) is 8.17. The van der Waals surface area contributed by atoms with Crippen LogP contribution in [0.15, 0.2) is 0 Å². The number of nitrogens with two attached hydrogens (primary N) is 1. The molecule has 2 N–H and O–H groups in total. The zero-order chi connectivity index (χ0) is 12.3. The molecule has 2 fully saturated rings. The van der Waals surface area contributed by atoms with Crippen molar-refractivity contribution in [2.24, 2.45) is 5.73 Å². The van der Waals surface area contributed by atoms with E-state index in [1.165, 1.54) is 0 Å². The lowest BCUT2D eigenvalue weighted by atomic mass is 9.88. The molecule has 3 unspecified atom stereocenters. The molecule has 0 aromatic rings. The van der Waals surface area contributed by atoms with E-state index >= 15 is 0 Å². The molecule has 0 aromatic carbocycles. The molecule has 2 aliphatic rings. The first-order valence-corrected chi connectivity index (χ1v) is 6.80. The van der Waals surface area contributed by atoms with Crippen LogP contribution in [0.2, 0.25) is 0 Å². The highest BCUT2D eigenvalue weighted by Crippen LogP contribution is 2.34. The topological polar surface area (TPSA) is 47.7 Å². The molecule has 0 amide bonds. The highest BCUT2D eigenvalue weighted by molar-refractivity contribution is 4.93. The van der Waals surface area contributed by atoms with E-state index in [2.05, 4.69) is 18.9 Å². The second kappa shape index (κ2) is 5.65. The molecule has 100 valence electrons. The van der Waals surface area contributed by atoms with Gasteiger partial charge in [0, 0.05) is 31.7 Å². The minimum absolute atomic E-state index is 0.0135. The number of hydrogen-bond acceptors (Lipinski definition) is 4. The molecule has 3 atom stereocenters. The van der Waals surface area contributed by atoms with E-state index in [4.69, 9.17) is 15.2 Å². The van der Waals surface area contributed by atoms with E-state index in [0.29, 0.717) is 12.1 Å². The third-order valence-corrected chi connectivity index (χ3v) is 4.39. The summed E-state index contributed by atoms with van der Waals surface area (Å²) >= 11 is 0. The van der Waals surface area contributed by atoms with Gasteiger partial charge in [-0.05, 0) is 39.8 Å². The van der Waals surface area contributed by atoms with Crippen molar-refractivity contribution >= 4 is 0 Å². The van der Waals surface area contributed by atoms with Gasteiger partial charge in [-0.15, -0.1) is 0 Å². The Morgan fingerprint density at radius 3 is 2.94 bits per heavy atom. The highest BCUT2D eigenvalue weighted by Gasteiger charge is 2.42. The summed E-state index contributed by atoms with van der Waals surface area (Å²) in [5.41, 5.74) is 5.65. The Morgan fingerprint density at radius 1 is 1.47 bits per heavy atom. The van der Waals surface area contributed by atoms with Gasteiger partial charge in [-0.3, -0.25) is 0 Å². The van der Waals surface area contributed by atoms with Crippen molar-refractivity contribution in [3.8, 4) is 0 Å². The molecule has 4 nitrogen and oxygen atoms in total. The van der Waals surface area contributed by atoms with Crippen molar-refractivity contribution in [3.63, 3.8) is 0 Å². The van der Waals surface area contributed by atoms with Crippen LogP contribution in [0, 0.1) is 0 Å². The lowest BCUT2D eigenvalue weighted by Gasteiger charge is -2.42. The molecule has 0 bridgehead atoms. The smallest absolute Gasteiger partial charge is 0.0951 e. The summed E-state index contributed by atoms with van der Waals surface area (Å²) in [7, 11) is 2.22. The van der Waals surface area contributed by atoms with Crippen molar-refractivity contribution in [1.29, 1.82) is 0 Å². The largest absolute Gasteiger partial charge is 0.378 e. The van der Waals surface area contributed by atoms with Crippen LogP contribution < -0.4 is 5.73 Å². The summed E-state index contributed by atoms with van der Waals surface area (Å²) in [5.74, 6) is 0. The summed E-state index contributed by atoms with van der Waals surface area (Å²) in [5, 5.41) is 0. The first kappa shape index (κ1) is 13.3. The predicted octanol–water partition coefficient (Wildman–Crippen LogP) is 0.994. The molecule has 2 aliphatic heterocycles. The maximum absolute atomic E-state index is 5.97. The average Bonchev–Trinajstić information content (AvgIpc) is 2.76. The Kier molecular flexibility index (Phi) is 4.42. The SMILES string of the molecule is CC(CCN)N(C)C1CCOC2(CCOC2)C1. The highest BCUT2D eigenvalue weighted by atomic mass is 16.6. The fourth-order valence-corrected chi connectivity index (χ4v) is 3.02. The third-order valence-electron chi connectivity index (χ3n) is 4.39. The Labute approximate surface area is 104 Å². The van der Waals surface area contributed by atoms with E-state index in [1.807, 2.05) is 0 Å². The molecule has 0 aromatic heterocycles. The van der Waals surface area contributed by atoms with Gasteiger partial charge < -0.3 is 20.1 Å². The molecular weight excluding hydrogens is 216 g/mol. The summed E-state index contributed by atoms with van der Waals surface area (Å²) in [4.78, 5) is 2.48. The minimum atomic E-state index is 0.0135. The van der Waals surface area contributed by atoms with Gasteiger partial charge in [0.2, 0.25) is 0 Å². The maximum atomic E-state index is 5.97. The molecule has 2 saturated heterocycles. The Hall–Kier alpha value is -0.160. The van der Waals surface area contributed by atoms with Crippen molar-refractivity contribution in [1.82, 2.24) is 4.90 Å². The molecule has 0 saturated carbocycles. The van der Waals surface area contributed by atoms with Crippen LogP contribution in [0.25, 0.3) is 0 Å². The van der Waals surface area contributed by atoms with Crippen LogP contribution in [-0.2, 0) is 9.47 Å². The van der Waals surface area contributed by atoms with E-state index < -0.39 is 0 Å². The molecule has 1 spiro atoms. The van der Waals surface area contributed by atoms with Crippen LogP contribution in [0.1, 0.15) is 32.6 Å². The summed E-state index contributed by atoms with van der Waals surface area (Å²) < 4.78 is 11.5. The molecule has 0 aliphatic carbocycles. The van der Waals surface area contributed by atoms with Gasteiger partial charge in [-0.25, -0.2) is 0 Å². The summed E-state index contributed by atoms with van der Waals surface area (Å²) in [6.07, 6.45) is 4.37. The van der Waals surface area contributed by atoms with Crippen LogP contribution in [-0.4, -0.2) is 56.0 Å². The second-order valence-electron chi connectivity index (χ2n) is 5.57. The zero-order valence-electron chi connectivity index (χ0n) is 11.2. The van der Waals surface area contributed by atoms with Gasteiger partial charge in [-0.2, -0.15) is 0 Å². The monoisotopic (exact) mass is 242 g/mol. The van der Waals surface area contributed by atoms with Gasteiger partial charge in [-0.1, -0.05) is 0 Å². The predicted molar refractivity (Wildman–Crippen MR) is 68.0 cm³/mol. The lowest BCUT2D eigenvalue weighted by Crippen LogP contribution is -2.50. The van der Waals surface area contributed by atoms with Crippen molar-refractivity contribution in [3.05, 3.63) is 0 Å². The molecule has 2 rings (SSSR count). The third kappa shape index (κ3) is 2.99. The van der Waals surface area contributed by atoms with Gasteiger partial charge in [0.05, 0.1) is 12.2 Å². The summed E-state index contributed by atoms with van der Waals surface area (Å²) in [6, 6.07) is 1.18. The second-order valence-corrected chi connectivity index (χ2v) is 5.57. The molecule has 2 heterocycles. The quantitative estimate of drug-likeness (QED) is 0.799. The van der Waals surface area contributed by atoms with E-state index in [1.54, 1.807) is 0 Å². The molecule has 4 heteroatoms. The number of hydrogen-bond donors (Lipinski definition) is 1. The van der Waals surface area contributed by atoms with Crippen LogP contribution in [0.3, 0.4) is 0 Å². The van der Waals surface area contributed by atoms with E-state index in [-0.39, 0.29) is 5.60 Å². The Bertz CT molecular complexity index is 242. The Morgan fingerprint density at radius 2 is 2.29 bits per heavy atom. The van der Waals surface area contributed by atoms with Crippen LogP contribution in [0.5, 0.6) is 0 Å². The fourth-order valence-electron chi connectivity index (χ4n) is 3.02. The Balaban J connectivity index is 1.92. The lowest BCUT2D eigenvalue weighted by molar-refractivity contribution is -0.107. The van der Waals surface area contributed by atoms with Gasteiger partial charge in [0.1, 0.15) is 0 Å². The zero-order valence-corrected chi connectivity index (χ0v) is 11.2. The first-order valence-electron chi connectivity index (χ1n) is 6.80. The summed E-state index contributed by atoms with van der Waals surface area (Å²) in [6.45, 7) is 5.54. The van der Waals surface area contributed by atoms with Crippen LogP contribution in [0.4, 0.5) is 0 Å². The number of rotatable bonds is 4. The van der Waals surface area contributed by atoms with Crippen molar-refractivity contribution in [2.45, 2.75) is 50.3 Å². The molecular formula is C13H26N2O2. The molecule has 0 radical (unpaired) electrons. The van der Waals surface area contributed by atoms with E-state index in [0.717, 1.165) is 52.0 Å². The van der Waals surface area contributed by atoms with Gasteiger partial charge in [0.25, 0.3) is 0 Å². The molecule has 17 heavy (non-hydrogen) atoms. The standard InChI is InChI=1S/C13H26N2O2/c1-11(3-6-14)15(2)12-4-7-17-13(9-12)5-8-16-10-13/h11-12H,3-10,14H2,1-2H3. The van der Waals surface area contributed by atoms with Crippen LogP contribution >= 0.6 is 0 Å². The average molecular weight is 242 g/mol. The van der Waals surface area contributed by atoms with E-state index in [9.17, 15) is 0 Å². The van der Waals surface area contributed by atoms with Gasteiger partial charge in [0.15, 0.2) is 0 Å². The minimum Gasteiger partial charge on any atom is -0.378 e. The number of ether oxygens (including phenoxy) is 2. The van der Waals surface area contributed by atoms with Crippen molar-refractivity contribution < 1.29 is 9.47 Å².